The molecule has 0 N–H and O–H groups in total. The summed E-state index contributed by atoms with van der Waals surface area (Å²) in [4.78, 5) is 16.5. The second-order valence-corrected chi connectivity index (χ2v) is 5.31. The highest BCUT2D eigenvalue weighted by Crippen LogP contribution is 2.26. The maximum absolute atomic E-state index is 12.6. The van der Waals surface area contributed by atoms with Gasteiger partial charge in [0.15, 0.2) is 0 Å². The molecule has 3 heteroatoms. The van der Waals surface area contributed by atoms with Crippen LogP contribution < -0.4 is 4.90 Å². The maximum Gasteiger partial charge on any atom is 0.231 e. The van der Waals surface area contributed by atoms with Gasteiger partial charge < -0.3 is 4.90 Å². The van der Waals surface area contributed by atoms with Crippen molar-refractivity contribution in [3.63, 3.8) is 0 Å². The molecular formula is C18H22N2O. The first-order valence-electron chi connectivity index (χ1n) is 7.26. The summed E-state index contributed by atoms with van der Waals surface area (Å²) in [6, 6.07) is 19.6. The molecule has 110 valence electrons. The van der Waals surface area contributed by atoms with Crippen molar-refractivity contribution in [2.75, 3.05) is 25.5 Å². The fourth-order valence-electron chi connectivity index (χ4n) is 2.25. The highest BCUT2D eigenvalue weighted by molar-refractivity contribution is 6.00. The molecule has 0 aliphatic rings. The van der Waals surface area contributed by atoms with Crippen LogP contribution in [0.1, 0.15) is 12.8 Å². The number of rotatable bonds is 6. The first-order chi connectivity index (χ1) is 10.2. The van der Waals surface area contributed by atoms with Crippen LogP contribution in [0.5, 0.6) is 0 Å². The van der Waals surface area contributed by atoms with E-state index in [1.54, 1.807) is 4.90 Å². The van der Waals surface area contributed by atoms with Crippen molar-refractivity contribution in [3.8, 4) is 0 Å². The maximum atomic E-state index is 12.6. The van der Waals surface area contributed by atoms with Crippen LogP contribution in [0.3, 0.4) is 0 Å². The highest BCUT2D eigenvalue weighted by atomic mass is 16.2. The Bertz CT molecular complexity index is 512. The minimum Gasteiger partial charge on any atom is -0.309 e. The topological polar surface area (TPSA) is 23.6 Å². The summed E-state index contributed by atoms with van der Waals surface area (Å²) in [6.07, 6.45) is 1.41. The zero-order valence-electron chi connectivity index (χ0n) is 12.7. The molecule has 0 fully saturated rings. The molecule has 0 aliphatic carbocycles. The number of carbonyl (C=O) groups excluding carboxylic acids is 1. The van der Waals surface area contributed by atoms with Gasteiger partial charge in [0.1, 0.15) is 0 Å². The van der Waals surface area contributed by atoms with E-state index in [0.717, 1.165) is 24.3 Å². The van der Waals surface area contributed by atoms with Crippen molar-refractivity contribution < 1.29 is 4.79 Å². The standard InChI is InChI=1S/C18H22N2O/c1-19(2)15-9-14-18(21)20(16-10-5-3-6-11-16)17-12-7-4-8-13-17/h3-8,10-13H,9,14-15H2,1-2H3. The van der Waals surface area contributed by atoms with Crippen LogP contribution in [0.2, 0.25) is 0 Å². The van der Waals surface area contributed by atoms with Crippen LogP contribution >= 0.6 is 0 Å². The third-order valence-corrected chi connectivity index (χ3v) is 3.27. The second kappa shape index (κ2) is 7.60. The first-order valence-corrected chi connectivity index (χ1v) is 7.26. The van der Waals surface area contributed by atoms with Gasteiger partial charge in [-0.1, -0.05) is 36.4 Å². The molecule has 2 aromatic carbocycles. The number of para-hydroxylation sites is 2. The Hall–Kier alpha value is -2.13. The average Bonchev–Trinajstić information content (AvgIpc) is 2.49. The van der Waals surface area contributed by atoms with Gasteiger partial charge in [-0.15, -0.1) is 0 Å². The van der Waals surface area contributed by atoms with Gasteiger partial charge in [0.2, 0.25) is 5.91 Å². The molecule has 0 saturated carbocycles. The van der Waals surface area contributed by atoms with Gasteiger partial charge in [0, 0.05) is 17.8 Å². The summed E-state index contributed by atoms with van der Waals surface area (Å²) in [7, 11) is 4.05. The van der Waals surface area contributed by atoms with E-state index in [9.17, 15) is 4.79 Å². The number of anilines is 2. The third-order valence-electron chi connectivity index (χ3n) is 3.27. The minimum absolute atomic E-state index is 0.134. The Morgan fingerprint density at radius 1 is 0.857 bits per heavy atom. The van der Waals surface area contributed by atoms with E-state index in [0.29, 0.717) is 6.42 Å². The van der Waals surface area contributed by atoms with E-state index < -0.39 is 0 Å². The van der Waals surface area contributed by atoms with Crippen LogP contribution in [-0.2, 0) is 4.79 Å². The SMILES string of the molecule is CN(C)CCCC(=O)N(c1ccccc1)c1ccccc1. The molecule has 0 heterocycles. The van der Waals surface area contributed by atoms with Crippen LogP contribution in [0, 0.1) is 0 Å². The van der Waals surface area contributed by atoms with E-state index in [1.807, 2.05) is 74.8 Å². The molecular weight excluding hydrogens is 260 g/mol. The number of benzene rings is 2. The number of amides is 1. The summed E-state index contributed by atoms with van der Waals surface area (Å²) in [5.74, 6) is 0.134. The Kier molecular flexibility index (Phi) is 5.52. The monoisotopic (exact) mass is 282 g/mol. The molecule has 0 aromatic heterocycles. The quantitative estimate of drug-likeness (QED) is 0.806. The summed E-state index contributed by atoms with van der Waals surface area (Å²) in [5.41, 5.74) is 1.83. The Morgan fingerprint density at radius 3 is 1.76 bits per heavy atom. The first kappa shape index (κ1) is 15.3. The molecule has 0 bridgehead atoms. The van der Waals surface area contributed by atoms with Crippen LogP contribution in [0.4, 0.5) is 11.4 Å². The van der Waals surface area contributed by atoms with Crippen molar-refractivity contribution >= 4 is 17.3 Å². The number of carbonyl (C=O) groups is 1. The van der Waals surface area contributed by atoms with Crippen molar-refractivity contribution in [3.05, 3.63) is 60.7 Å². The van der Waals surface area contributed by atoms with Crippen molar-refractivity contribution in [2.45, 2.75) is 12.8 Å². The number of hydrogen-bond donors (Lipinski definition) is 0. The molecule has 2 rings (SSSR count). The number of nitrogens with zero attached hydrogens (tertiary/aromatic N) is 2. The lowest BCUT2D eigenvalue weighted by molar-refractivity contribution is -0.118. The molecule has 0 atom stereocenters. The zero-order valence-corrected chi connectivity index (χ0v) is 12.7. The van der Waals surface area contributed by atoms with E-state index in [-0.39, 0.29) is 5.91 Å². The van der Waals surface area contributed by atoms with E-state index in [4.69, 9.17) is 0 Å². The van der Waals surface area contributed by atoms with Crippen molar-refractivity contribution in [1.82, 2.24) is 4.90 Å². The van der Waals surface area contributed by atoms with Crippen LogP contribution in [0.15, 0.2) is 60.7 Å². The highest BCUT2D eigenvalue weighted by Gasteiger charge is 2.17. The lowest BCUT2D eigenvalue weighted by Crippen LogP contribution is -2.26. The lowest BCUT2D eigenvalue weighted by Gasteiger charge is -2.23. The van der Waals surface area contributed by atoms with Crippen LogP contribution in [0.25, 0.3) is 0 Å². The summed E-state index contributed by atoms with van der Waals surface area (Å²) in [6.45, 7) is 0.920. The number of hydrogen-bond acceptors (Lipinski definition) is 2. The molecule has 2 aromatic rings. The molecule has 3 nitrogen and oxygen atoms in total. The van der Waals surface area contributed by atoms with E-state index in [1.165, 1.54) is 0 Å². The lowest BCUT2D eigenvalue weighted by atomic mass is 10.2. The largest absolute Gasteiger partial charge is 0.309 e. The third kappa shape index (κ3) is 4.43. The average molecular weight is 282 g/mol. The van der Waals surface area contributed by atoms with Gasteiger partial charge in [-0.3, -0.25) is 9.69 Å². The minimum atomic E-state index is 0.134. The van der Waals surface area contributed by atoms with Crippen LogP contribution in [-0.4, -0.2) is 31.4 Å². The Morgan fingerprint density at radius 2 is 1.33 bits per heavy atom. The zero-order chi connectivity index (χ0) is 15.1. The Labute approximate surface area is 126 Å². The molecule has 1 amide bonds. The smallest absolute Gasteiger partial charge is 0.231 e. The van der Waals surface area contributed by atoms with Gasteiger partial charge in [-0.2, -0.15) is 0 Å². The van der Waals surface area contributed by atoms with Crippen molar-refractivity contribution in [2.24, 2.45) is 0 Å². The van der Waals surface area contributed by atoms with Gasteiger partial charge >= 0.3 is 0 Å². The Balaban J connectivity index is 2.19. The predicted molar refractivity (Wildman–Crippen MR) is 87.8 cm³/mol. The van der Waals surface area contributed by atoms with Crippen molar-refractivity contribution in [1.29, 1.82) is 0 Å². The van der Waals surface area contributed by atoms with Gasteiger partial charge in [-0.05, 0) is 51.3 Å². The fraction of sp³-hybridized carbons (Fsp3) is 0.278. The molecule has 0 aliphatic heterocycles. The summed E-state index contributed by atoms with van der Waals surface area (Å²) >= 11 is 0. The molecule has 0 saturated heterocycles. The van der Waals surface area contributed by atoms with Gasteiger partial charge in [0.05, 0.1) is 0 Å². The second-order valence-electron chi connectivity index (χ2n) is 5.31. The van der Waals surface area contributed by atoms with Gasteiger partial charge in [-0.25, -0.2) is 0 Å². The van der Waals surface area contributed by atoms with Gasteiger partial charge in [0.25, 0.3) is 0 Å². The van der Waals surface area contributed by atoms with E-state index in [2.05, 4.69) is 4.90 Å². The summed E-state index contributed by atoms with van der Waals surface area (Å²) < 4.78 is 0. The molecule has 0 unspecified atom stereocenters. The molecule has 21 heavy (non-hydrogen) atoms. The summed E-state index contributed by atoms with van der Waals surface area (Å²) in [5, 5.41) is 0. The predicted octanol–water partition coefficient (Wildman–Crippen LogP) is 3.69. The normalized spacial score (nSPS) is 10.6. The van der Waals surface area contributed by atoms with E-state index >= 15 is 0 Å². The fourth-order valence-corrected chi connectivity index (χ4v) is 2.25. The molecule has 0 radical (unpaired) electrons. The molecule has 0 spiro atoms.